The highest BCUT2D eigenvalue weighted by atomic mass is 32.2. The lowest BCUT2D eigenvalue weighted by atomic mass is 9.91. The second kappa shape index (κ2) is 5.57. The summed E-state index contributed by atoms with van der Waals surface area (Å²) in [6.45, 7) is 2.46. The summed E-state index contributed by atoms with van der Waals surface area (Å²) in [6, 6.07) is 6.31. The van der Waals surface area contributed by atoms with Crippen LogP contribution in [0.4, 0.5) is 5.82 Å². The van der Waals surface area contributed by atoms with Crippen LogP contribution in [0.25, 0.3) is 0 Å². The second-order valence-corrected chi connectivity index (χ2v) is 6.92. The Kier molecular flexibility index (Phi) is 3.74. The van der Waals surface area contributed by atoms with E-state index in [-0.39, 0.29) is 10.7 Å². The van der Waals surface area contributed by atoms with Gasteiger partial charge in [0, 0.05) is 24.6 Å². The van der Waals surface area contributed by atoms with Gasteiger partial charge in [0.2, 0.25) is 0 Å². The van der Waals surface area contributed by atoms with Crippen molar-refractivity contribution in [1.29, 1.82) is 0 Å². The zero-order chi connectivity index (χ0) is 15.7. The Labute approximate surface area is 129 Å². The zero-order valence-corrected chi connectivity index (χ0v) is 13.1. The smallest absolute Gasteiger partial charge is 0.263 e. The van der Waals surface area contributed by atoms with E-state index in [1.54, 1.807) is 29.1 Å². The highest BCUT2D eigenvalue weighted by molar-refractivity contribution is 7.92. The maximum absolute atomic E-state index is 12.5. The minimum Gasteiger partial charge on any atom is -0.294 e. The van der Waals surface area contributed by atoms with Crippen molar-refractivity contribution in [2.75, 3.05) is 4.72 Å². The molecule has 6 nitrogen and oxygen atoms in total. The van der Waals surface area contributed by atoms with Crippen LogP contribution in [-0.2, 0) is 23.0 Å². The van der Waals surface area contributed by atoms with Crippen LogP contribution < -0.4 is 4.72 Å². The highest BCUT2D eigenvalue weighted by Crippen LogP contribution is 2.25. The number of hydrogen-bond acceptors (Lipinski definition) is 4. The number of aryl methyl sites for hydroxylation is 2. The van der Waals surface area contributed by atoms with E-state index in [0.29, 0.717) is 24.3 Å². The van der Waals surface area contributed by atoms with Gasteiger partial charge in [0.25, 0.3) is 10.0 Å². The van der Waals surface area contributed by atoms with E-state index >= 15 is 0 Å². The van der Waals surface area contributed by atoms with Crippen LogP contribution in [0.2, 0.25) is 0 Å². The standard InChI is InChI=1S/C15H17N3O3S/c1-2-18-15(8-9-16-18)17-22(20,21)12-6-7-13-11(10-12)4-3-5-14(13)19/h6-10,17H,2-5H2,1H3. The molecular weight excluding hydrogens is 302 g/mol. The number of benzene rings is 1. The van der Waals surface area contributed by atoms with Gasteiger partial charge in [-0.1, -0.05) is 0 Å². The van der Waals surface area contributed by atoms with Gasteiger partial charge in [0.1, 0.15) is 5.82 Å². The summed E-state index contributed by atoms with van der Waals surface area (Å²) < 4.78 is 29.1. The van der Waals surface area contributed by atoms with Crippen LogP contribution in [0.3, 0.4) is 0 Å². The average molecular weight is 319 g/mol. The van der Waals surface area contributed by atoms with E-state index in [1.807, 2.05) is 6.92 Å². The second-order valence-electron chi connectivity index (χ2n) is 5.23. The summed E-state index contributed by atoms with van der Waals surface area (Å²) in [5, 5.41) is 4.04. The summed E-state index contributed by atoms with van der Waals surface area (Å²) in [5.74, 6) is 0.513. The molecule has 0 saturated heterocycles. The number of ketones is 1. The third-order valence-electron chi connectivity index (χ3n) is 3.79. The number of Topliss-reactive ketones (excluding diaryl/α,β-unsaturated/α-hetero) is 1. The first-order valence-electron chi connectivity index (χ1n) is 7.22. The fourth-order valence-electron chi connectivity index (χ4n) is 2.66. The Balaban J connectivity index is 1.94. The molecule has 2 aromatic rings. The van der Waals surface area contributed by atoms with Crippen molar-refractivity contribution >= 4 is 21.6 Å². The Morgan fingerprint density at radius 2 is 2.09 bits per heavy atom. The first kappa shape index (κ1) is 14.8. The molecule has 1 heterocycles. The lowest BCUT2D eigenvalue weighted by molar-refractivity contribution is 0.0972. The fourth-order valence-corrected chi connectivity index (χ4v) is 3.77. The van der Waals surface area contributed by atoms with Gasteiger partial charge >= 0.3 is 0 Å². The zero-order valence-electron chi connectivity index (χ0n) is 12.2. The van der Waals surface area contributed by atoms with E-state index in [1.165, 1.54) is 6.07 Å². The normalized spacial score (nSPS) is 14.7. The molecule has 1 aromatic carbocycles. The van der Waals surface area contributed by atoms with Crippen molar-refractivity contribution in [3.8, 4) is 0 Å². The van der Waals surface area contributed by atoms with Crippen molar-refractivity contribution < 1.29 is 13.2 Å². The molecule has 0 atom stereocenters. The monoisotopic (exact) mass is 319 g/mol. The van der Waals surface area contributed by atoms with E-state index in [4.69, 9.17) is 0 Å². The summed E-state index contributed by atoms with van der Waals surface area (Å²) in [7, 11) is -3.69. The average Bonchev–Trinajstić information content (AvgIpc) is 2.93. The number of carbonyl (C=O) groups is 1. The van der Waals surface area contributed by atoms with Crippen LogP contribution >= 0.6 is 0 Å². The summed E-state index contributed by atoms with van der Waals surface area (Å²) in [5.41, 5.74) is 1.45. The quantitative estimate of drug-likeness (QED) is 0.937. The van der Waals surface area contributed by atoms with Gasteiger partial charge in [0.05, 0.1) is 11.1 Å². The van der Waals surface area contributed by atoms with Gasteiger partial charge in [-0.25, -0.2) is 13.1 Å². The van der Waals surface area contributed by atoms with E-state index in [9.17, 15) is 13.2 Å². The maximum atomic E-state index is 12.5. The van der Waals surface area contributed by atoms with Gasteiger partial charge < -0.3 is 0 Å². The number of anilines is 1. The van der Waals surface area contributed by atoms with Crippen LogP contribution in [-0.4, -0.2) is 24.0 Å². The molecule has 0 amide bonds. The third-order valence-corrected chi connectivity index (χ3v) is 5.14. The number of nitrogens with zero attached hydrogens (tertiary/aromatic N) is 2. The third kappa shape index (κ3) is 2.64. The van der Waals surface area contributed by atoms with Gasteiger partial charge in [-0.2, -0.15) is 5.10 Å². The molecule has 0 aliphatic heterocycles. The molecule has 1 aliphatic rings. The maximum Gasteiger partial charge on any atom is 0.263 e. The van der Waals surface area contributed by atoms with Gasteiger partial charge in [-0.3, -0.25) is 9.52 Å². The molecular formula is C15H17N3O3S. The van der Waals surface area contributed by atoms with Crippen molar-refractivity contribution in [2.45, 2.75) is 37.6 Å². The Hall–Kier alpha value is -2.15. The molecule has 1 aromatic heterocycles. The van der Waals surface area contributed by atoms with Crippen molar-refractivity contribution in [1.82, 2.24) is 9.78 Å². The largest absolute Gasteiger partial charge is 0.294 e. The van der Waals surface area contributed by atoms with Crippen molar-refractivity contribution in [3.63, 3.8) is 0 Å². The number of sulfonamides is 1. The SMILES string of the molecule is CCn1nccc1NS(=O)(=O)c1ccc2c(c1)CCCC2=O. The van der Waals surface area contributed by atoms with Crippen LogP contribution in [0.1, 0.15) is 35.7 Å². The number of hydrogen-bond donors (Lipinski definition) is 1. The minimum absolute atomic E-state index is 0.0854. The number of aromatic nitrogens is 2. The molecule has 116 valence electrons. The Morgan fingerprint density at radius 3 is 2.86 bits per heavy atom. The van der Waals surface area contributed by atoms with E-state index < -0.39 is 10.0 Å². The summed E-state index contributed by atoms with van der Waals surface area (Å²) >= 11 is 0. The van der Waals surface area contributed by atoms with Gasteiger partial charge in [-0.15, -0.1) is 0 Å². The predicted molar refractivity (Wildman–Crippen MR) is 82.4 cm³/mol. The summed E-state index contributed by atoms with van der Waals surface area (Å²) in [6.07, 6.45) is 3.59. The molecule has 3 rings (SSSR count). The van der Waals surface area contributed by atoms with E-state index in [2.05, 4.69) is 9.82 Å². The molecule has 1 N–H and O–H groups in total. The number of rotatable bonds is 4. The molecule has 0 bridgehead atoms. The highest BCUT2D eigenvalue weighted by Gasteiger charge is 2.22. The first-order valence-corrected chi connectivity index (χ1v) is 8.70. The Bertz CT molecular complexity index is 824. The van der Waals surface area contributed by atoms with Crippen LogP contribution in [0.5, 0.6) is 0 Å². The minimum atomic E-state index is -3.69. The van der Waals surface area contributed by atoms with Crippen LogP contribution in [0.15, 0.2) is 35.4 Å². The number of nitrogens with one attached hydrogen (secondary N) is 1. The lowest BCUT2D eigenvalue weighted by Crippen LogP contribution is -2.18. The lowest BCUT2D eigenvalue weighted by Gasteiger charge is -2.16. The topological polar surface area (TPSA) is 81.1 Å². The molecule has 22 heavy (non-hydrogen) atoms. The summed E-state index contributed by atoms with van der Waals surface area (Å²) in [4.78, 5) is 12.0. The number of carbonyl (C=O) groups excluding carboxylic acids is 1. The molecule has 0 saturated carbocycles. The predicted octanol–water partition coefficient (Wildman–Crippen LogP) is 2.22. The molecule has 1 aliphatic carbocycles. The van der Waals surface area contributed by atoms with Gasteiger partial charge in [-0.05, 0) is 43.5 Å². The van der Waals surface area contributed by atoms with Gasteiger partial charge in [0.15, 0.2) is 5.78 Å². The van der Waals surface area contributed by atoms with Crippen LogP contribution in [0, 0.1) is 0 Å². The van der Waals surface area contributed by atoms with E-state index in [0.717, 1.165) is 18.4 Å². The van der Waals surface area contributed by atoms with Crippen molar-refractivity contribution in [2.24, 2.45) is 0 Å². The molecule has 7 heteroatoms. The van der Waals surface area contributed by atoms with Crippen molar-refractivity contribution in [3.05, 3.63) is 41.6 Å². The molecule has 0 fully saturated rings. The Morgan fingerprint density at radius 1 is 1.27 bits per heavy atom. The molecule has 0 unspecified atom stereocenters. The number of fused-ring (bicyclic) bond motifs is 1. The molecule has 0 radical (unpaired) electrons. The fraction of sp³-hybridized carbons (Fsp3) is 0.333. The molecule has 0 spiro atoms. The first-order chi connectivity index (χ1) is 10.5.